The third kappa shape index (κ3) is 13.7. The molecule has 0 saturated carbocycles. The molecule has 0 unspecified atom stereocenters. The summed E-state index contributed by atoms with van der Waals surface area (Å²) in [6.45, 7) is 9.14. The Morgan fingerprint density at radius 3 is 2.47 bits per heavy atom. The van der Waals surface area contributed by atoms with E-state index in [1.165, 1.54) is 11.1 Å². The Morgan fingerprint density at radius 1 is 1.10 bits per heavy atom. The first-order chi connectivity index (χ1) is 24.3. The van der Waals surface area contributed by atoms with E-state index in [9.17, 15) is 29.6 Å². The largest absolute Gasteiger partial charge is 0.464 e. The molecule has 3 rings (SSSR count). The van der Waals surface area contributed by atoms with Crippen molar-refractivity contribution in [3.05, 3.63) is 45.7 Å². The lowest BCUT2D eigenvalue weighted by Crippen LogP contribution is -2.50. The first kappa shape index (κ1) is 41.7. The molecule has 2 heterocycles. The number of benzene rings is 1. The van der Waals surface area contributed by atoms with Crippen LogP contribution in [-0.2, 0) is 41.5 Å². The quantitative estimate of drug-likeness (QED) is 0.0683. The average molecular weight is 719 g/mol. The van der Waals surface area contributed by atoms with Gasteiger partial charge in [-0.1, -0.05) is 33.8 Å². The Morgan fingerprint density at radius 2 is 1.82 bits per heavy atom. The molecule has 0 radical (unpaired) electrons. The Bertz CT molecular complexity index is 1400. The fraction of sp³-hybridized carbons (Fsp3) is 0.703. The second-order valence-corrected chi connectivity index (χ2v) is 14.4. The second kappa shape index (κ2) is 20.9. The molecular formula is C37H58N4O10. The van der Waals surface area contributed by atoms with Gasteiger partial charge in [0.1, 0.15) is 5.58 Å². The summed E-state index contributed by atoms with van der Waals surface area (Å²) in [5.74, 6) is -0.986. The highest BCUT2D eigenvalue weighted by Crippen LogP contribution is 2.29. The molecule has 0 aliphatic carbocycles. The van der Waals surface area contributed by atoms with Crippen molar-refractivity contribution in [3.63, 3.8) is 0 Å². The summed E-state index contributed by atoms with van der Waals surface area (Å²) in [4.78, 5) is 53.7. The van der Waals surface area contributed by atoms with Gasteiger partial charge in [0, 0.05) is 56.6 Å². The molecule has 14 nitrogen and oxygen atoms in total. The minimum atomic E-state index is -0.931. The van der Waals surface area contributed by atoms with Gasteiger partial charge in [-0.2, -0.15) is 0 Å². The molecule has 1 fully saturated rings. The van der Waals surface area contributed by atoms with Gasteiger partial charge in [0.05, 0.1) is 19.0 Å². The maximum absolute atomic E-state index is 13.5. The van der Waals surface area contributed by atoms with Crippen molar-refractivity contribution in [3.8, 4) is 0 Å². The number of carbonyl (C=O) groups excluding carboxylic acids is 3. The number of nitrogens with one attached hydrogen (secondary N) is 1. The monoisotopic (exact) mass is 718 g/mol. The van der Waals surface area contributed by atoms with Crippen molar-refractivity contribution in [1.82, 2.24) is 10.2 Å². The smallest absolute Gasteiger partial charge is 0.306 e. The summed E-state index contributed by atoms with van der Waals surface area (Å²) in [5, 5.41) is 24.8. The lowest BCUT2D eigenvalue weighted by molar-refractivity contribution is -0.757. The fourth-order valence-electron chi connectivity index (χ4n) is 6.62. The van der Waals surface area contributed by atoms with Crippen LogP contribution in [0.1, 0.15) is 83.8 Å². The lowest BCUT2D eigenvalue weighted by Gasteiger charge is -2.34. The predicted molar refractivity (Wildman–Crippen MR) is 191 cm³/mol. The summed E-state index contributed by atoms with van der Waals surface area (Å²) in [6, 6.07) is 5.70. The van der Waals surface area contributed by atoms with E-state index in [-0.39, 0.29) is 55.6 Å². The van der Waals surface area contributed by atoms with Crippen molar-refractivity contribution in [1.29, 1.82) is 0 Å². The van der Waals surface area contributed by atoms with Crippen LogP contribution in [0.25, 0.3) is 11.0 Å². The normalized spacial score (nSPS) is 16.2. The number of nitrogens with two attached hydrogens (primary N) is 1. The number of carbonyl (C=O) groups is 3. The Labute approximate surface area is 300 Å². The number of furan rings is 1. The number of hydrogen-bond acceptors (Lipinski definition) is 11. The highest BCUT2D eigenvalue weighted by Gasteiger charge is 2.32. The van der Waals surface area contributed by atoms with Gasteiger partial charge < -0.3 is 39.8 Å². The van der Waals surface area contributed by atoms with Crippen LogP contribution in [0, 0.1) is 33.8 Å². The number of aliphatic hydroxyl groups is 1. The number of ether oxygens (including phenoxy) is 2. The molecule has 14 heteroatoms. The average Bonchev–Trinajstić information content (AvgIpc) is 3.49. The molecule has 2 amide bonds. The van der Waals surface area contributed by atoms with Crippen LogP contribution in [0.4, 0.5) is 0 Å². The lowest BCUT2D eigenvalue weighted by atomic mass is 9.80. The Balaban J connectivity index is 1.47. The molecule has 1 saturated heterocycles. The molecule has 286 valence electrons. The zero-order valence-electron chi connectivity index (χ0n) is 30.8. The van der Waals surface area contributed by atoms with E-state index in [0.29, 0.717) is 44.9 Å². The number of rotatable bonds is 22. The van der Waals surface area contributed by atoms with Gasteiger partial charge in [0.15, 0.2) is 6.61 Å². The number of aryl methyl sites for hydroxylation is 1. The predicted octanol–water partition coefficient (Wildman–Crippen LogP) is 4.21. The zero-order valence-corrected chi connectivity index (χ0v) is 30.8. The molecule has 1 aliphatic heterocycles. The molecule has 1 aromatic carbocycles. The number of fused-ring (bicyclic) bond motifs is 1. The van der Waals surface area contributed by atoms with E-state index in [1.54, 1.807) is 12.0 Å². The first-order valence-corrected chi connectivity index (χ1v) is 18.2. The number of piperidine rings is 1. The maximum Gasteiger partial charge on any atom is 0.306 e. The summed E-state index contributed by atoms with van der Waals surface area (Å²) in [7, 11) is 1.70. The van der Waals surface area contributed by atoms with E-state index in [4.69, 9.17) is 19.6 Å². The van der Waals surface area contributed by atoms with Crippen molar-refractivity contribution in [2.75, 3.05) is 40.0 Å². The third-order valence-corrected chi connectivity index (χ3v) is 9.93. The highest BCUT2D eigenvalue weighted by molar-refractivity contribution is 5.82. The van der Waals surface area contributed by atoms with Crippen molar-refractivity contribution < 1.29 is 43.3 Å². The number of amides is 2. The molecule has 1 aliphatic rings. The van der Waals surface area contributed by atoms with Crippen LogP contribution in [0.3, 0.4) is 0 Å². The van der Waals surface area contributed by atoms with Gasteiger partial charge in [-0.25, -0.2) is 0 Å². The van der Waals surface area contributed by atoms with E-state index in [1.807, 2.05) is 26.2 Å². The Hall–Kier alpha value is -3.75. The standard InChI is InChI=1S/C37H58N4O10/c1-24(2)28(18-26-10-11-34-31(19-26)27(22-49-34)8-6-16-48-5)20-32(38)33(42)21-30(25(3)4)37(45)39-29-12-14-40(15-13-29)35(43)23-50-36(44)9-7-17-51-41(46)47/h10-11,19,22,24-25,28-30,32-33,42H,6-9,12-18,20-21,23,38H2,1-5H3,(H,39,45)/t28-,30-,32-,33-/m0/s1. The molecule has 0 spiro atoms. The molecule has 4 atom stereocenters. The van der Waals surface area contributed by atoms with Crippen LogP contribution < -0.4 is 11.1 Å². The van der Waals surface area contributed by atoms with Crippen LogP contribution >= 0.6 is 0 Å². The van der Waals surface area contributed by atoms with Crippen LogP contribution in [0.5, 0.6) is 0 Å². The number of methoxy groups -OCH3 is 1. The molecule has 4 N–H and O–H groups in total. The van der Waals surface area contributed by atoms with E-state index in [2.05, 4.69) is 36.1 Å². The summed E-state index contributed by atoms with van der Waals surface area (Å²) in [5.41, 5.74) is 9.87. The third-order valence-electron chi connectivity index (χ3n) is 9.93. The van der Waals surface area contributed by atoms with Crippen LogP contribution in [0.15, 0.2) is 28.9 Å². The van der Waals surface area contributed by atoms with Crippen molar-refractivity contribution >= 4 is 28.8 Å². The highest BCUT2D eigenvalue weighted by atomic mass is 16.9. The van der Waals surface area contributed by atoms with Crippen molar-refractivity contribution in [2.24, 2.45) is 29.4 Å². The van der Waals surface area contributed by atoms with E-state index in [0.717, 1.165) is 30.2 Å². The summed E-state index contributed by atoms with van der Waals surface area (Å²) in [6.07, 6.45) is 5.58. The Kier molecular flexibility index (Phi) is 17.1. The van der Waals surface area contributed by atoms with Gasteiger partial charge in [-0.3, -0.25) is 14.4 Å². The van der Waals surface area contributed by atoms with Gasteiger partial charge in [-0.15, -0.1) is 10.1 Å². The van der Waals surface area contributed by atoms with Crippen molar-refractivity contribution in [2.45, 2.75) is 104 Å². The van der Waals surface area contributed by atoms with E-state index < -0.39 is 35.7 Å². The molecular weight excluding hydrogens is 660 g/mol. The second-order valence-electron chi connectivity index (χ2n) is 14.4. The summed E-state index contributed by atoms with van der Waals surface area (Å²) >= 11 is 0. The summed E-state index contributed by atoms with van der Waals surface area (Å²) < 4.78 is 16.0. The topological polar surface area (TPSA) is 197 Å². The molecule has 1 aromatic heterocycles. The number of aliphatic hydroxyl groups excluding tert-OH is 1. The van der Waals surface area contributed by atoms with Gasteiger partial charge in [0.25, 0.3) is 11.0 Å². The first-order valence-electron chi connectivity index (χ1n) is 18.2. The minimum absolute atomic E-state index is 0.0185. The number of esters is 1. The zero-order chi connectivity index (χ0) is 37.5. The van der Waals surface area contributed by atoms with E-state index >= 15 is 0 Å². The fourth-order valence-corrected chi connectivity index (χ4v) is 6.62. The SMILES string of the molecule is COCCCc1coc2ccc(C[C@@H](C[C@H](N)[C@@H](O)C[C@H](C(=O)NC3CCN(C(=O)COC(=O)CCCO[N+](=O)[O-])CC3)C(C)C)C(C)C)cc12. The number of likely N-dealkylation sites (tertiary alicyclic amines) is 1. The van der Waals surface area contributed by atoms with Gasteiger partial charge >= 0.3 is 5.97 Å². The molecule has 0 bridgehead atoms. The number of hydrogen-bond donors (Lipinski definition) is 3. The number of nitrogens with zero attached hydrogens (tertiary/aromatic N) is 2. The van der Waals surface area contributed by atoms with Gasteiger partial charge in [-0.05, 0) is 92.4 Å². The molecule has 2 aromatic rings. The maximum atomic E-state index is 13.5. The van der Waals surface area contributed by atoms with Gasteiger partial charge in [0.2, 0.25) is 5.91 Å². The molecule has 51 heavy (non-hydrogen) atoms. The minimum Gasteiger partial charge on any atom is -0.464 e. The van der Waals surface area contributed by atoms with Crippen LogP contribution in [0.2, 0.25) is 0 Å². The van der Waals surface area contributed by atoms with Crippen LogP contribution in [-0.4, -0.2) is 91.1 Å².